The van der Waals surface area contributed by atoms with E-state index >= 15 is 0 Å². The van der Waals surface area contributed by atoms with E-state index in [1.807, 2.05) is 18.8 Å². The van der Waals surface area contributed by atoms with Crippen molar-refractivity contribution in [1.29, 1.82) is 0 Å². The van der Waals surface area contributed by atoms with Crippen molar-refractivity contribution in [1.82, 2.24) is 10.6 Å². The minimum absolute atomic E-state index is 0. The van der Waals surface area contributed by atoms with E-state index in [9.17, 15) is 0 Å². The number of rotatable bonds is 5. The van der Waals surface area contributed by atoms with Crippen molar-refractivity contribution in [3.8, 4) is 0 Å². The van der Waals surface area contributed by atoms with Gasteiger partial charge in [-0.25, -0.2) is 0 Å². The van der Waals surface area contributed by atoms with Gasteiger partial charge in [-0.05, 0) is 37.4 Å². The number of nitrogens with one attached hydrogen (secondary N) is 2. The summed E-state index contributed by atoms with van der Waals surface area (Å²) in [4.78, 5) is 4.42. The summed E-state index contributed by atoms with van der Waals surface area (Å²) in [7, 11) is 1.85. The molecule has 2 unspecified atom stereocenters. The molecule has 2 saturated heterocycles. The van der Waals surface area contributed by atoms with E-state index in [-0.39, 0.29) is 34.1 Å². The molecule has 0 aromatic heterocycles. The molecule has 2 rings (SSSR count). The molecule has 2 N–H and O–H groups in total. The van der Waals surface area contributed by atoms with Gasteiger partial charge >= 0.3 is 0 Å². The minimum atomic E-state index is 0. The third kappa shape index (κ3) is 7.02. The first-order valence-electron chi connectivity index (χ1n) is 9.59. The average molecular weight is 500 g/mol. The predicted octanol–water partition coefficient (Wildman–Crippen LogP) is 3.52. The smallest absolute Gasteiger partial charge is 0.191 e. The molecule has 26 heavy (non-hydrogen) atoms. The molecule has 0 bridgehead atoms. The van der Waals surface area contributed by atoms with Gasteiger partial charge in [-0.1, -0.05) is 20.8 Å². The van der Waals surface area contributed by atoms with Gasteiger partial charge in [0.05, 0.1) is 6.10 Å². The molecule has 0 radical (unpaired) electrons. The van der Waals surface area contributed by atoms with Crippen LogP contribution in [0.3, 0.4) is 0 Å². The number of guanidine groups is 1. The topological polar surface area (TPSA) is 54.9 Å². The van der Waals surface area contributed by atoms with Crippen molar-refractivity contribution in [2.75, 3.05) is 46.2 Å². The molecule has 7 heteroatoms. The van der Waals surface area contributed by atoms with E-state index in [4.69, 9.17) is 9.47 Å². The predicted molar refractivity (Wildman–Crippen MR) is 123 cm³/mol. The molecule has 0 aromatic carbocycles. The van der Waals surface area contributed by atoms with Gasteiger partial charge in [0.2, 0.25) is 0 Å². The van der Waals surface area contributed by atoms with Crippen LogP contribution in [0.1, 0.15) is 46.5 Å². The SMILES string of the molecule is CN=C(NCC1CCCOC1C(C)(C)C)NCC1(SC)CCOCC1.I. The Balaban J connectivity index is 0.00000338. The second kappa shape index (κ2) is 11.3. The van der Waals surface area contributed by atoms with Gasteiger partial charge in [0, 0.05) is 50.6 Å². The fraction of sp³-hybridized carbons (Fsp3) is 0.947. The van der Waals surface area contributed by atoms with E-state index in [0.717, 1.165) is 58.1 Å². The molecule has 2 fully saturated rings. The lowest BCUT2D eigenvalue weighted by molar-refractivity contribution is -0.0835. The monoisotopic (exact) mass is 499 g/mol. The third-order valence-electron chi connectivity index (χ3n) is 5.47. The summed E-state index contributed by atoms with van der Waals surface area (Å²) in [6, 6.07) is 0. The molecule has 0 spiro atoms. The summed E-state index contributed by atoms with van der Waals surface area (Å²) in [6.45, 7) is 11.3. The van der Waals surface area contributed by atoms with Crippen molar-refractivity contribution in [3.05, 3.63) is 0 Å². The summed E-state index contributed by atoms with van der Waals surface area (Å²) in [5, 5.41) is 7.09. The van der Waals surface area contributed by atoms with Gasteiger partial charge in [0.25, 0.3) is 0 Å². The van der Waals surface area contributed by atoms with Crippen LogP contribution in [0.15, 0.2) is 4.99 Å². The van der Waals surface area contributed by atoms with E-state index in [2.05, 4.69) is 42.7 Å². The Morgan fingerprint density at radius 2 is 1.88 bits per heavy atom. The maximum atomic E-state index is 6.09. The Kier molecular flexibility index (Phi) is 10.6. The van der Waals surface area contributed by atoms with Crippen LogP contribution in [0.4, 0.5) is 0 Å². The van der Waals surface area contributed by atoms with Crippen molar-refractivity contribution < 1.29 is 9.47 Å². The highest BCUT2D eigenvalue weighted by molar-refractivity contribution is 14.0. The number of aliphatic imine (C=N–C) groups is 1. The first kappa shape index (κ1) is 24.3. The molecular weight excluding hydrogens is 461 g/mol. The summed E-state index contributed by atoms with van der Waals surface area (Å²) >= 11 is 1.95. The number of thioether (sulfide) groups is 1. The Bertz CT molecular complexity index is 437. The Labute approximate surface area is 181 Å². The lowest BCUT2D eigenvalue weighted by atomic mass is 9.78. The summed E-state index contributed by atoms with van der Waals surface area (Å²) in [6.07, 6.45) is 7.08. The highest BCUT2D eigenvalue weighted by Gasteiger charge is 2.35. The van der Waals surface area contributed by atoms with E-state index in [1.54, 1.807) is 0 Å². The minimum Gasteiger partial charge on any atom is -0.381 e. The van der Waals surface area contributed by atoms with E-state index in [1.165, 1.54) is 6.42 Å². The van der Waals surface area contributed by atoms with Crippen molar-refractivity contribution in [3.63, 3.8) is 0 Å². The molecule has 154 valence electrons. The first-order valence-corrected chi connectivity index (χ1v) is 10.8. The van der Waals surface area contributed by atoms with Crippen molar-refractivity contribution in [2.45, 2.75) is 57.3 Å². The van der Waals surface area contributed by atoms with E-state index in [0.29, 0.717) is 12.0 Å². The summed E-state index contributed by atoms with van der Waals surface area (Å²) < 4.78 is 11.9. The standard InChI is InChI=1S/C19H37N3O2S.HI/c1-18(2,3)16-15(7-6-10-24-16)13-21-17(20-4)22-14-19(25-5)8-11-23-12-9-19;/h15-16H,6-14H2,1-5H3,(H2,20,21,22);1H. The van der Waals surface area contributed by atoms with Crippen LogP contribution < -0.4 is 10.6 Å². The number of hydrogen-bond donors (Lipinski definition) is 2. The van der Waals surface area contributed by atoms with Gasteiger partial charge in [-0.2, -0.15) is 11.8 Å². The van der Waals surface area contributed by atoms with Crippen LogP contribution in [-0.2, 0) is 9.47 Å². The Morgan fingerprint density at radius 3 is 2.46 bits per heavy atom. The van der Waals surface area contributed by atoms with Gasteiger partial charge in [-0.15, -0.1) is 24.0 Å². The number of hydrogen-bond acceptors (Lipinski definition) is 4. The second-order valence-electron chi connectivity index (χ2n) is 8.37. The highest BCUT2D eigenvalue weighted by atomic mass is 127. The zero-order chi connectivity index (χ0) is 18.3. The van der Waals surface area contributed by atoms with Crippen LogP contribution in [0.2, 0.25) is 0 Å². The molecular formula is C19H38IN3O2S. The third-order valence-corrected chi connectivity index (χ3v) is 6.89. The second-order valence-corrected chi connectivity index (χ2v) is 9.64. The molecule has 2 heterocycles. The van der Waals surface area contributed by atoms with Crippen molar-refractivity contribution in [2.24, 2.45) is 16.3 Å². The molecule has 0 aromatic rings. The zero-order valence-electron chi connectivity index (χ0n) is 17.1. The lowest BCUT2D eigenvalue weighted by Crippen LogP contribution is -2.50. The van der Waals surface area contributed by atoms with Gasteiger partial charge in [0.1, 0.15) is 0 Å². The summed E-state index contributed by atoms with van der Waals surface area (Å²) in [5.74, 6) is 1.43. The van der Waals surface area contributed by atoms with Crippen LogP contribution >= 0.6 is 35.7 Å². The highest BCUT2D eigenvalue weighted by Crippen LogP contribution is 2.34. The molecule has 2 aliphatic heterocycles. The lowest BCUT2D eigenvalue weighted by Gasteiger charge is -2.40. The Hall–Kier alpha value is 0.270. The van der Waals surface area contributed by atoms with Gasteiger partial charge < -0.3 is 20.1 Å². The molecule has 0 aliphatic carbocycles. The normalized spacial score (nSPS) is 26.7. The van der Waals surface area contributed by atoms with Crippen LogP contribution in [-0.4, -0.2) is 63.0 Å². The number of ether oxygens (including phenoxy) is 2. The van der Waals surface area contributed by atoms with Crippen LogP contribution in [0.25, 0.3) is 0 Å². The number of halogens is 1. The van der Waals surface area contributed by atoms with Gasteiger partial charge in [0.15, 0.2) is 5.96 Å². The molecule has 0 saturated carbocycles. The average Bonchev–Trinajstić information content (AvgIpc) is 2.62. The maximum absolute atomic E-state index is 6.09. The summed E-state index contributed by atoms with van der Waals surface area (Å²) in [5.41, 5.74) is 0.175. The molecule has 2 aliphatic rings. The van der Waals surface area contributed by atoms with Crippen molar-refractivity contribution >= 4 is 41.7 Å². The van der Waals surface area contributed by atoms with E-state index < -0.39 is 0 Å². The van der Waals surface area contributed by atoms with Gasteiger partial charge in [-0.3, -0.25) is 4.99 Å². The van der Waals surface area contributed by atoms with Crippen LogP contribution in [0, 0.1) is 11.3 Å². The molecule has 0 amide bonds. The quantitative estimate of drug-likeness (QED) is 0.345. The Morgan fingerprint density at radius 1 is 1.19 bits per heavy atom. The molecule has 2 atom stereocenters. The van der Waals surface area contributed by atoms with Crippen LogP contribution in [0.5, 0.6) is 0 Å². The molecule has 5 nitrogen and oxygen atoms in total. The fourth-order valence-electron chi connectivity index (χ4n) is 3.90. The largest absolute Gasteiger partial charge is 0.381 e. The first-order chi connectivity index (χ1) is 11.9. The fourth-order valence-corrected chi connectivity index (χ4v) is 4.69. The zero-order valence-corrected chi connectivity index (χ0v) is 20.2. The maximum Gasteiger partial charge on any atom is 0.191 e. The number of nitrogens with zero attached hydrogens (tertiary/aromatic N) is 1.